The number of hydrogen-bond acceptors (Lipinski definition) is 9. The van der Waals surface area contributed by atoms with Crippen molar-refractivity contribution in [3.05, 3.63) is 133 Å². The van der Waals surface area contributed by atoms with Crippen LogP contribution in [0.5, 0.6) is 0 Å². The van der Waals surface area contributed by atoms with Gasteiger partial charge in [0.15, 0.2) is 11.6 Å². The molecule has 50 heavy (non-hydrogen) atoms. The quantitative estimate of drug-likeness (QED) is 0.146. The molecule has 0 aliphatic rings. The van der Waals surface area contributed by atoms with Crippen molar-refractivity contribution in [1.29, 1.82) is 0 Å². The van der Waals surface area contributed by atoms with Crippen molar-refractivity contribution < 1.29 is 28.2 Å². The number of imidazole rings is 2. The second kappa shape index (κ2) is 13.3. The number of halogens is 2. The number of fused-ring (bicyclic) bond motifs is 6. The lowest BCUT2D eigenvalue weighted by molar-refractivity contribution is 0.0528. The minimum Gasteiger partial charge on any atom is -0.478 e. The van der Waals surface area contributed by atoms with Gasteiger partial charge in [-0.1, -0.05) is 36.4 Å². The second-order valence-corrected chi connectivity index (χ2v) is 10.8. The first kappa shape index (κ1) is 31.6. The Hall–Kier alpha value is -6.96. The minimum atomic E-state index is -1.08. The van der Waals surface area contributed by atoms with Gasteiger partial charge in [0, 0.05) is 0 Å². The van der Waals surface area contributed by atoms with Crippen LogP contribution in [-0.4, -0.2) is 52.4 Å². The van der Waals surface area contributed by atoms with Gasteiger partial charge < -0.3 is 20.5 Å². The van der Waals surface area contributed by atoms with Crippen LogP contribution in [0.3, 0.4) is 0 Å². The maximum atomic E-state index is 14.0. The number of esters is 1. The van der Waals surface area contributed by atoms with Crippen molar-refractivity contribution in [1.82, 2.24) is 28.7 Å². The molecule has 0 radical (unpaired) electrons. The summed E-state index contributed by atoms with van der Waals surface area (Å²) < 4.78 is 36.6. The first-order valence-electron chi connectivity index (χ1n) is 15.3. The molecule has 0 aliphatic carbocycles. The highest BCUT2D eigenvalue weighted by Gasteiger charge is 2.18. The highest BCUT2D eigenvalue weighted by molar-refractivity contribution is 6.04. The number of nitrogens with one attached hydrogen (secondary N) is 2. The number of rotatable bonds is 7. The van der Waals surface area contributed by atoms with Crippen LogP contribution in [0.2, 0.25) is 0 Å². The Labute approximate surface area is 281 Å². The monoisotopic (exact) mass is 672 g/mol. The molecule has 3 N–H and O–H groups in total. The minimum absolute atomic E-state index is 0.0692. The van der Waals surface area contributed by atoms with Crippen molar-refractivity contribution in [3.63, 3.8) is 0 Å². The average molecular weight is 673 g/mol. The van der Waals surface area contributed by atoms with Gasteiger partial charge in [0.2, 0.25) is 0 Å². The van der Waals surface area contributed by atoms with Crippen LogP contribution in [0.4, 0.5) is 31.8 Å². The SMILES string of the molecule is CCOC(=O)c1cccc2c1nc(Nc1ccccc1F)c1cncn12.O=C(O)c1cccc2c1nc(Nc1ccccc1F)c1cncn12. The Morgan fingerprint density at radius 1 is 0.680 bits per heavy atom. The summed E-state index contributed by atoms with van der Waals surface area (Å²) in [5.74, 6) is -1.63. The van der Waals surface area contributed by atoms with Gasteiger partial charge in [0.05, 0.1) is 65.2 Å². The number of carbonyl (C=O) groups excluding carboxylic acids is 1. The van der Waals surface area contributed by atoms with Gasteiger partial charge in [-0.15, -0.1) is 0 Å². The molecule has 8 aromatic rings. The molecule has 0 spiro atoms. The Balaban J connectivity index is 0.000000157. The average Bonchev–Trinajstić information content (AvgIpc) is 3.82. The largest absolute Gasteiger partial charge is 0.478 e. The Bertz CT molecular complexity index is 2570. The second-order valence-electron chi connectivity index (χ2n) is 10.8. The van der Waals surface area contributed by atoms with Gasteiger partial charge in [0.1, 0.15) is 33.7 Å². The van der Waals surface area contributed by atoms with E-state index in [2.05, 4.69) is 30.6 Å². The van der Waals surface area contributed by atoms with Crippen LogP contribution < -0.4 is 10.6 Å². The highest BCUT2D eigenvalue weighted by Crippen LogP contribution is 2.29. The van der Waals surface area contributed by atoms with Crippen LogP contribution in [0.15, 0.2) is 110 Å². The standard InChI is InChI=1S/C19H15FN4O2.C17H11FN4O2/c1-2-26-19(25)12-6-5-9-15-17(12)23-18(16-10-21-11-24(15)16)22-14-8-4-3-7-13(14)20;18-11-5-1-2-6-12(11)20-16-14-8-19-9-22(14)13-7-3-4-10(17(23)24)15(13)21-16/h3-11H,2H2,1H3,(H,22,23);1-9H,(H,20,21)(H,23,24). The molecule has 12 nitrogen and oxygen atoms in total. The molecular formula is C36H26F2N8O4. The smallest absolute Gasteiger partial charge is 0.340 e. The fraction of sp³-hybridized carbons (Fsp3) is 0.0556. The lowest BCUT2D eigenvalue weighted by Crippen LogP contribution is -2.08. The van der Waals surface area contributed by atoms with Crippen LogP contribution in [-0.2, 0) is 4.74 Å². The molecule has 0 amide bonds. The molecule has 248 valence electrons. The maximum absolute atomic E-state index is 14.0. The van der Waals surface area contributed by atoms with E-state index in [0.717, 1.165) is 0 Å². The molecule has 14 heteroatoms. The van der Waals surface area contributed by atoms with Crippen molar-refractivity contribution in [2.75, 3.05) is 17.2 Å². The van der Waals surface area contributed by atoms with Crippen molar-refractivity contribution in [2.45, 2.75) is 6.92 Å². The first-order valence-corrected chi connectivity index (χ1v) is 15.3. The highest BCUT2D eigenvalue weighted by atomic mass is 19.1. The van der Waals surface area contributed by atoms with E-state index in [1.54, 1.807) is 101 Å². The van der Waals surface area contributed by atoms with Crippen LogP contribution >= 0.6 is 0 Å². The van der Waals surface area contributed by atoms with Crippen molar-refractivity contribution >= 4 is 68.0 Å². The molecule has 0 aliphatic heterocycles. The normalized spacial score (nSPS) is 11.0. The number of carboxylic acids is 1. The summed E-state index contributed by atoms with van der Waals surface area (Å²) in [6.45, 7) is 2.01. The zero-order valence-corrected chi connectivity index (χ0v) is 26.2. The van der Waals surface area contributed by atoms with Crippen LogP contribution in [0.1, 0.15) is 27.6 Å². The van der Waals surface area contributed by atoms with E-state index < -0.39 is 23.6 Å². The fourth-order valence-corrected chi connectivity index (χ4v) is 5.46. The van der Waals surface area contributed by atoms with E-state index in [4.69, 9.17) is 4.74 Å². The summed E-state index contributed by atoms with van der Waals surface area (Å²) in [6.07, 6.45) is 6.41. The van der Waals surface area contributed by atoms with E-state index in [1.807, 2.05) is 6.07 Å². The van der Waals surface area contributed by atoms with Gasteiger partial charge >= 0.3 is 11.9 Å². The number of aromatic nitrogens is 6. The molecule has 0 bridgehead atoms. The molecule has 4 aromatic carbocycles. The van der Waals surface area contributed by atoms with Gasteiger partial charge in [-0.05, 0) is 55.5 Å². The van der Waals surface area contributed by atoms with Gasteiger partial charge in [-0.2, -0.15) is 0 Å². The Morgan fingerprint density at radius 3 is 1.64 bits per heavy atom. The number of aromatic carboxylic acids is 1. The first-order chi connectivity index (χ1) is 24.3. The predicted octanol–water partition coefficient (Wildman–Crippen LogP) is 7.41. The number of para-hydroxylation sites is 4. The molecule has 0 saturated heterocycles. The Kier molecular flexibility index (Phi) is 8.40. The summed E-state index contributed by atoms with van der Waals surface area (Å²) in [4.78, 5) is 41.0. The number of carboxylic acid groups (broad SMARTS) is 1. The molecular weight excluding hydrogens is 646 g/mol. The molecule has 4 heterocycles. The van der Waals surface area contributed by atoms with E-state index >= 15 is 0 Å². The molecule has 0 unspecified atom stereocenters. The van der Waals surface area contributed by atoms with Gasteiger partial charge in [-0.25, -0.2) is 38.3 Å². The topological polar surface area (TPSA) is 148 Å². The van der Waals surface area contributed by atoms with Crippen molar-refractivity contribution in [2.24, 2.45) is 0 Å². The maximum Gasteiger partial charge on any atom is 0.340 e. The lowest BCUT2D eigenvalue weighted by atomic mass is 10.1. The third-order valence-electron chi connectivity index (χ3n) is 7.74. The van der Waals surface area contributed by atoms with E-state index in [-0.39, 0.29) is 23.5 Å². The van der Waals surface area contributed by atoms with E-state index in [1.165, 1.54) is 18.2 Å². The predicted molar refractivity (Wildman–Crippen MR) is 183 cm³/mol. The molecule has 0 saturated carbocycles. The third-order valence-corrected chi connectivity index (χ3v) is 7.74. The molecule has 8 rings (SSSR count). The van der Waals surface area contributed by atoms with Crippen LogP contribution in [0, 0.1) is 11.6 Å². The zero-order chi connectivity index (χ0) is 34.8. The van der Waals surface area contributed by atoms with E-state index in [9.17, 15) is 23.5 Å². The number of benzene rings is 4. The summed E-state index contributed by atoms with van der Waals surface area (Å²) in [6, 6.07) is 22.7. The molecule has 0 fully saturated rings. The zero-order valence-electron chi connectivity index (χ0n) is 26.2. The molecule has 4 aromatic heterocycles. The molecule has 0 atom stereocenters. The number of nitrogens with zero attached hydrogens (tertiary/aromatic N) is 6. The summed E-state index contributed by atoms with van der Waals surface area (Å²) >= 11 is 0. The number of anilines is 4. The van der Waals surface area contributed by atoms with E-state index in [0.29, 0.717) is 50.3 Å². The summed E-state index contributed by atoms with van der Waals surface area (Å²) in [5, 5.41) is 15.3. The number of carbonyl (C=O) groups is 2. The third kappa shape index (κ3) is 5.85. The van der Waals surface area contributed by atoms with Gasteiger partial charge in [-0.3, -0.25) is 8.80 Å². The van der Waals surface area contributed by atoms with Crippen LogP contribution in [0.25, 0.3) is 33.1 Å². The van der Waals surface area contributed by atoms with Crippen molar-refractivity contribution in [3.8, 4) is 0 Å². The number of hydrogen-bond donors (Lipinski definition) is 3. The summed E-state index contributed by atoms with van der Waals surface area (Å²) in [7, 11) is 0. The fourth-order valence-electron chi connectivity index (χ4n) is 5.46. The lowest BCUT2D eigenvalue weighted by Gasteiger charge is -2.12. The number of ether oxygens (including phenoxy) is 1. The Morgan fingerprint density at radius 2 is 1.16 bits per heavy atom. The van der Waals surface area contributed by atoms with Gasteiger partial charge in [0.25, 0.3) is 0 Å². The summed E-state index contributed by atoms with van der Waals surface area (Å²) in [5.41, 5.74) is 4.32.